The molecule has 1 N–H and O–H groups in total. The fraction of sp³-hybridized carbons (Fsp3) is 0.875. The highest BCUT2D eigenvalue weighted by Crippen LogP contribution is 2.18. The molecule has 70 valence electrons. The Hall–Kier alpha value is -0.610. The van der Waals surface area contributed by atoms with Crippen molar-refractivity contribution in [1.82, 2.24) is 4.90 Å². The van der Waals surface area contributed by atoms with Gasteiger partial charge in [0.25, 0.3) is 0 Å². The van der Waals surface area contributed by atoms with Gasteiger partial charge < -0.3 is 9.84 Å². The van der Waals surface area contributed by atoms with Crippen molar-refractivity contribution in [1.29, 1.82) is 0 Å². The first-order chi connectivity index (χ1) is 5.65. The van der Waals surface area contributed by atoms with Gasteiger partial charge in [0, 0.05) is 19.6 Å². The highest BCUT2D eigenvalue weighted by atomic mass is 16.5. The number of carboxylic acids is 1. The number of likely N-dealkylation sites (tertiary alicyclic amines) is 1. The van der Waals surface area contributed by atoms with E-state index >= 15 is 0 Å². The number of nitrogens with zero attached hydrogens (tertiary/aromatic N) is 1. The third-order valence-corrected chi connectivity index (χ3v) is 2.20. The van der Waals surface area contributed by atoms with Gasteiger partial charge in [-0.15, -0.1) is 0 Å². The maximum Gasteiger partial charge on any atom is 0.321 e. The van der Waals surface area contributed by atoms with Crippen LogP contribution in [0.4, 0.5) is 0 Å². The molecule has 1 rings (SSSR count). The summed E-state index contributed by atoms with van der Waals surface area (Å²) in [5.74, 6) is -0.750. The van der Waals surface area contributed by atoms with Crippen molar-refractivity contribution in [2.24, 2.45) is 0 Å². The van der Waals surface area contributed by atoms with Crippen LogP contribution in [0.2, 0.25) is 0 Å². The monoisotopic (exact) mass is 173 g/mol. The molecule has 2 atom stereocenters. The predicted molar refractivity (Wildman–Crippen MR) is 44.1 cm³/mol. The Kier molecular flexibility index (Phi) is 3.05. The van der Waals surface area contributed by atoms with Crippen molar-refractivity contribution >= 4 is 5.97 Å². The summed E-state index contributed by atoms with van der Waals surface area (Å²) >= 11 is 0. The van der Waals surface area contributed by atoms with Gasteiger partial charge in [0.2, 0.25) is 0 Å². The molecule has 0 aliphatic carbocycles. The van der Waals surface area contributed by atoms with Crippen LogP contribution in [0.5, 0.6) is 0 Å². The molecule has 0 aromatic carbocycles. The van der Waals surface area contributed by atoms with Crippen LogP contribution in [0, 0.1) is 0 Å². The number of aliphatic carboxylic acids is 1. The molecule has 1 aliphatic rings. The topological polar surface area (TPSA) is 49.8 Å². The van der Waals surface area contributed by atoms with Crippen molar-refractivity contribution in [3.8, 4) is 0 Å². The van der Waals surface area contributed by atoms with Gasteiger partial charge in [0.15, 0.2) is 0 Å². The second-order valence-corrected chi connectivity index (χ2v) is 3.11. The molecule has 12 heavy (non-hydrogen) atoms. The van der Waals surface area contributed by atoms with Crippen molar-refractivity contribution in [2.45, 2.75) is 25.5 Å². The number of hydrogen-bond acceptors (Lipinski definition) is 3. The van der Waals surface area contributed by atoms with E-state index in [-0.39, 0.29) is 12.1 Å². The Labute approximate surface area is 72.1 Å². The van der Waals surface area contributed by atoms with Gasteiger partial charge >= 0.3 is 5.97 Å². The number of ether oxygens (including phenoxy) is 1. The lowest BCUT2D eigenvalue weighted by molar-refractivity contribution is -0.141. The molecule has 4 heteroatoms. The summed E-state index contributed by atoms with van der Waals surface area (Å²) in [4.78, 5) is 12.5. The summed E-state index contributed by atoms with van der Waals surface area (Å²) in [7, 11) is 1.82. The van der Waals surface area contributed by atoms with Gasteiger partial charge in [0.1, 0.15) is 6.04 Å². The lowest BCUT2D eigenvalue weighted by Gasteiger charge is -2.12. The highest BCUT2D eigenvalue weighted by molar-refractivity contribution is 5.73. The Balaban J connectivity index is 2.44. The molecule has 4 nitrogen and oxygen atoms in total. The number of likely N-dealkylation sites (N-methyl/N-ethyl adjacent to an activating group) is 1. The second kappa shape index (κ2) is 3.87. The molecule has 0 aromatic heterocycles. The Bertz CT molecular complexity index is 172. The minimum Gasteiger partial charge on any atom is -0.480 e. The van der Waals surface area contributed by atoms with Gasteiger partial charge in [0.05, 0.1) is 6.10 Å². The molecule has 0 amide bonds. The van der Waals surface area contributed by atoms with Crippen LogP contribution in [-0.2, 0) is 9.53 Å². The first kappa shape index (κ1) is 9.48. The van der Waals surface area contributed by atoms with Gasteiger partial charge in [-0.2, -0.15) is 0 Å². The Morgan fingerprint density at radius 2 is 2.42 bits per heavy atom. The average molecular weight is 173 g/mol. The summed E-state index contributed by atoms with van der Waals surface area (Å²) in [6.45, 7) is 3.31. The number of carboxylic acid groups (broad SMARTS) is 1. The fourth-order valence-electron chi connectivity index (χ4n) is 1.60. The Morgan fingerprint density at radius 3 is 2.83 bits per heavy atom. The Morgan fingerprint density at radius 1 is 1.75 bits per heavy atom. The third-order valence-electron chi connectivity index (χ3n) is 2.20. The van der Waals surface area contributed by atoms with E-state index in [9.17, 15) is 4.79 Å². The van der Waals surface area contributed by atoms with E-state index in [2.05, 4.69) is 0 Å². The molecule has 1 heterocycles. The standard InChI is InChI=1S/C8H15NO3/c1-3-12-6-4-7(8(10)11)9(2)5-6/h6-7H,3-5H2,1-2H3,(H,10,11)/t6-,7-/m1/s1. The quantitative estimate of drug-likeness (QED) is 0.661. The number of hydrogen-bond donors (Lipinski definition) is 1. The average Bonchev–Trinajstić information content (AvgIpc) is 2.32. The van der Waals surface area contributed by atoms with Crippen LogP contribution < -0.4 is 0 Å². The molecule has 1 fully saturated rings. The molecule has 1 aliphatic heterocycles. The van der Waals surface area contributed by atoms with Gasteiger partial charge in [-0.1, -0.05) is 0 Å². The van der Waals surface area contributed by atoms with E-state index in [0.717, 1.165) is 6.54 Å². The van der Waals surface area contributed by atoms with E-state index in [4.69, 9.17) is 9.84 Å². The largest absolute Gasteiger partial charge is 0.480 e. The van der Waals surface area contributed by atoms with Crippen molar-refractivity contribution in [3.63, 3.8) is 0 Å². The van der Waals surface area contributed by atoms with Crippen LogP contribution in [-0.4, -0.2) is 48.3 Å². The molecular weight excluding hydrogens is 158 g/mol. The minimum absolute atomic E-state index is 0.0982. The van der Waals surface area contributed by atoms with Crippen LogP contribution in [0.1, 0.15) is 13.3 Å². The van der Waals surface area contributed by atoms with Crippen LogP contribution in [0.25, 0.3) is 0 Å². The summed E-state index contributed by atoms with van der Waals surface area (Å²) < 4.78 is 5.35. The summed E-state index contributed by atoms with van der Waals surface area (Å²) in [6.07, 6.45) is 0.709. The van der Waals surface area contributed by atoms with E-state index in [1.165, 1.54) is 0 Å². The van der Waals surface area contributed by atoms with E-state index < -0.39 is 5.97 Å². The molecule has 0 saturated carbocycles. The number of rotatable bonds is 3. The lowest BCUT2D eigenvalue weighted by atomic mass is 10.2. The first-order valence-corrected chi connectivity index (χ1v) is 4.19. The molecule has 0 spiro atoms. The normalized spacial score (nSPS) is 30.8. The molecular formula is C8H15NO3. The summed E-state index contributed by atoms with van der Waals surface area (Å²) in [5.41, 5.74) is 0. The summed E-state index contributed by atoms with van der Waals surface area (Å²) in [6, 6.07) is -0.360. The van der Waals surface area contributed by atoms with Gasteiger partial charge in [-0.3, -0.25) is 9.69 Å². The molecule has 0 radical (unpaired) electrons. The smallest absolute Gasteiger partial charge is 0.321 e. The molecule has 0 unspecified atom stereocenters. The molecule has 0 bridgehead atoms. The third kappa shape index (κ3) is 1.95. The fourth-order valence-corrected chi connectivity index (χ4v) is 1.60. The van der Waals surface area contributed by atoms with Crippen molar-refractivity contribution in [2.75, 3.05) is 20.2 Å². The predicted octanol–water partition coefficient (Wildman–Crippen LogP) is 0.180. The maximum absolute atomic E-state index is 10.7. The zero-order valence-corrected chi connectivity index (χ0v) is 7.49. The number of carbonyl (C=O) groups is 1. The molecule has 1 saturated heterocycles. The van der Waals surface area contributed by atoms with Crippen LogP contribution >= 0.6 is 0 Å². The highest BCUT2D eigenvalue weighted by Gasteiger charge is 2.34. The van der Waals surface area contributed by atoms with E-state index in [1.807, 2.05) is 18.9 Å². The van der Waals surface area contributed by atoms with Crippen LogP contribution in [0.15, 0.2) is 0 Å². The van der Waals surface area contributed by atoms with Crippen LogP contribution in [0.3, 0.4) is 0 Å². The van der Waals surface area contributed by atoms with Crippen molar-refractivity contribution < 1.29 is 14.6 Å². The lowest BCUT2D eigenvalue weighted by Crippen LogP contribution is -2.32. The van der Waals surface area contributed by atoms with E-state index in [1.54, 1.807) is 0 Å². The summed E-state index contributed by atoms with van der Waals surface area (Å²) in [5, 5.41) is 8.77. The maximum atomic E-state index is 10.7. The zero-order valence-electron chi connectivity index (χ0n) is 7.49. The first-order valence-electron chi connectivity index (χ1n) is 4.19. The SMILES string of the molecule is CCO[C@@H]1C[C@H](C(=O)O)N(C)C1. The zero-order chi connectivity index (χ0) is 9.14. The second-order valence-electron chi connectivity index (χ2n) is 3.11. The van der Waals surface area contributed by atoms with Gasteiger partial charge in [-0.05, 0) is 14.0 Å². The van der Waals surface area contributed by atoms with Crippen molar-refractivity contribution in [3.05, 3.63) is 0 Å². The molecule has 0 aromatic rings. The minimum atomic E-state index is -0.750. The van der Waals surface area contributed by atoms with E-state index in [0.29, 0.717) is 13.0 Å². The van der Waals surface area contributed by atoms with Gasteiger partial charge in [-0.25, -0.2) is 0 Å².